The van der Waals surface area contributed by atoms with Gasteiger partial charge in [0.25, 0.3) is 0 Å². The summed E-state index contributed by atoms with van der Waals surface area (Å²) in [5.74, 6) is 5.30. The summed E-state index contributed by atoms with van der Waals surface area (Å²) in [4.78, 5) is 0. The Morgan fingerprint density at radius 3 is 2.38 bits per heavy atom. The highest BCUT2D eigenvalue weighted by Gasteiger charge is 1.85. The molecule has 0 fully saturated rings. The van der Waals surface area contributed by atoms with Gasteiger partial charge in [0.2, 0.25) is 0 Å². The van der Waals surface area contributed by atoms with Gasteiger partial charge in [0.1, 0.15) is 0 Å². The van der Waals surface area contributed by atoms with Crippen molar-refractivity contribution in [2.45, 2.75) is 6.92 Å². The van der Waals surface area contributed by atoms with Gasteiger partial charge < -0.3 is 5.01 Å². The lowest BCUT2D eigenvalue weighted by Crippen LogP contribution is -2.23. The van der Waals surface area contributed by atoms with Crippen LogP contribution in [0.1, 0.15) is 6.92 Å². The Kier molecular flexibility index (Phi) is 2.96. The fraction of sp³-hybridized carbons (Fsp3) is 0.333. The molecular weight excluding hydrogens is 100 g/mol. The van der Waals surface area contributed by atoms with Gasteiger partial charge in [0.15, 0.2) is 0 Å². The second-order valence-corrected chi connectivity index (χ2v) is 1.60. The molecule has 0 amide bonds. The van der Waals surface area contributed by atoms with Gasteiger partial charge in [-0.25, -0.2) is 5.84 Å². The Morgan fingerprint density at radius 2 is 2.25 bits per heavy atom. The molecule has 46 valence electrons. The van der Waals surface area contributed by atoms with E-state index < -0.39 is 0 Å². The molecule has 0 saturated heterocycles. The molecule has 0 aliphatic rings. The van der Waals surface area contributed by atoms with E-state index in [2.05, 4.69) is 6.58 Å². The Balaban J connectivity index is 3.66. The number of allylic oxidation sites excluding steroid dienone is 2. The fourth-order valence-corrected chi connectivity index (χ4v) is 0.310. The van der Waals surface area contributed by atoms with E-state index in [4.69, 9.17) is 5.84 Å². The Bertz CT molecular complexity index is 103. The van der Waals surface area contributed by atoms with Crippen LogP contribution in [0.3, 0.4) is 0 Å². The second kappa shape index (κ2) is 3.27. The third-order valence-corrected chi connectivity index (χ3v) is 0.812. The van der Waals surface area contributed by atoms with Gasteiger partial charge in [0.05, 0.1) is 0 Å². The first kappa shape index (κ1) is 7.24. The number of hydrogen-bond acceptors (Lipinski definition) is 2. The molecule has 0 atom stereocenters. The zero-order valence-corrected chi connectivity index (χ0v) is 5.39. The van der Waals surface area contributed by atoms with Crippen molar-refractivity contribution >= 4 is 0 Å². The number of nitrogens with two attached hydrogens (primary N) is 1. The second-order valence-electron chi connectivity index (χ2n) is 1.60. The van der Waals surface area contributed by atoms with Crippen LogP contribution >= 0.6 is 0 Å². The van der Waals surface area contributed by atoms with Gasteiger partial charge in [-0.05, 0) is 13.0 Å². The van der Waals surface area contributed by atoms with Crippen molar-refractivity contribution in [2.75, 3.05) is 7.05 Å². The summed E-state index contributed by atoms with van der Waals surface area (Å²) < 4.78 is 0. The van der Waals surface area contributed by atoms with E-state index >= 15 is 0 Å². The van der Waals surface area contributed by atoms with Crippen molar-refractivity contribution in [1.29, 1.82) is 0 Å². The van der Waals surface area contributed by atoms with E-state index in [0.717, 1.165) is 5.70 Å². The van der Waals surface area contributed by atoms with Gasteiger partial charge in [-0.3, -0.25) is 0 Å². The summed E-state index contributed by atoms with van der Waals surface area (Å²) in [6.07, 6.45) is 3.74. The SMILES string of the molecule is C=C(C=CC)N(C)N. The van der Waals surface area contributed by atoms with Gasteiger partial charge in [-0.2, -0.15) is 0 Å². The largest absolute Gasteiger partial charge is 0.315 e. The maximum atomic E-state index is 5.30. The van der Waals surface area contributed by atoms with Crippen LogP contribution in [0.25, 0.3) is 0 Å². The van der Waals surface area contributed by atoms with Crippen molar-refractivity contribution in [3.8, 4) is 0 Å². The summed E-state index contributed by atoms with van der Waals surface area (Å²) in [5.41, 5.74) is 0.813. The van der Waals surface area contributed by atoms with Crippen LogP contribution in [0.15, 0.2) is 24.4 Å². The standard InChI is InChI=1S/C6H12N2/c1-4-5-6(2)8(3)7/h4-5H,2,7H2,1,3H3. The summed E-state index contributed by atoms with van der Waals surface area (Å²) in [6.45, 7) is 5.58. The summed E-state index contributed by atoms with van der Waals surface area (Å²) in [7, 11) is 1.75. The predicted octanol–water partition coefficient (Wildman–Crippen LogP) is 0.882. The van der Waals surface area contributed by atoms with Gasteiger partial charge in [0, 0.05) is 12.7 Å². The zero-order valence-electron chi connectivity index (χ0n) is 5.39. The van der Waals surface area contributed by atoms with Crippen molar-refractivity contribution in [1.82, 2.24) is 5.01 Å². The minimum atomic E-state index is 0.813. The molecule has 2 nitrogen and oxygen atoms in total. The number of rotatable bonds is 2. The molecule has 0 rings (SSSR count). The smallest absolute Gasteiger partial charge is 0.0438 e. The van der Waals surface area contributed by atoms with E-state index in [1.807, 2.05) is 19.1 Å². The van der Waals surface area contributed by atoms with E-state index in [-0.39, 0.29) is 0 Å². The third kappa shape index (κ3) is 2.42. The van der Waals surface area contributed by atoms with Crippen molar-refractivity contribution in [3.05, 3.63) is 24.4 Å². The molecule has 0 unspecified atom stereocenters. The molecule has 2 heteroatoms. The monoisotopic (exact) mass is 112 g/mol. The van der Waals surface area contributed by atoms with Crippen LogP contribution in [0, 0.1) is 0 Å². The molecule has 8 heavy (non-hydrogen) atoms. The molecular formula is C6H12N2. The first-order valence-electron chi connectivity index (χ1n) is 2.48. The van der Waals surface area contributed by atoms with E-state index in [0.29, 0.717) is 0 Å². The first-order chi connectivity index (χ1) is 3.68. The van der Waals surface area contributed by atoms with E-state index in [9.17, 15) is 0 Å². The van der Waals surface area contributed by atoms with Crippen molar-refractivity contribution in [2.24, 2.45) is 5.84 Å². The average Bonchev–Trinajstić information content (AvgIpc) is 1.67. The molecule has 0 saturated carbocycles. The number of nitrogens with zero attached hydrogens (tertiary/aromatic N) is 1. The maximum absolute atomic E-state index is 5.30. The number of likely N-dealkylation sites (N-methyl/N-ethyl adjacent to an activating group) is 1. The minimum Gasteiger partial charge on any atom is -0.315 e. The molecule has 0 heterocycles. The molecule has 0 aliphatic heterocycles. The van der Waals surface area contributed by atoms with Crippen LogP contribution in [-0.2, 0) is 0 Å². The molecule has 0 radical (unpaired) electrons. The molecule has 0 spiro atoms. The van der Waals surface area contributed by atoms with Crippen molar-refractivity contribution in [3.63, 3.8) is 0 Å². The molecule has 0 bridgehead atoms. The number of hydrazine groups is 1. The highest BCUT2D eigenvalue weighted by atomic mass is 15.4. The lowest BCUT2D eigenvalue weighted by molar-refractivity contribution is 0.457. The lowest BCUT2D eigenvalue weighted by Gasteiger charge is -2.09. The Hall–Kier alpha value is -0.760. The van der Waals surface area contributed by atoms with Crippen LogP contribution in [0.4, 0.5) is 0 Å². The quantitative estimate of drug-likeness (QED) is 0.326. The summed E-state index contributed by atoms with van der Waals surface area (Å²) >= 11 is 0. The molecule has 0 aromatic carbocycles. The molecule has 2 N–H and O–H groups in total. The summed E-state index contributed by atoms with van der Waals surface area (Å²) in [5, 5.41) is 1.47. The highest BCUT2D eigenvalue weighted by Crippen LogP contribution is 1.91. The Morgan fingerprint density at radius 1 is 1.75 bits per heavy atom. The van der Waals surface area contributed by atoms with Crippen molar-refractivity contribution < 1.29 is 0 Å². The lowest BCUT2D eigenvalue weighted by atomic mass is 10.4. The van der Waals surface area contributed by atoms with Crippen LogP contribution in [0.2, 0.25) is 0 Å². The molecule has 0 aromatic heterocycles. The van der Waals surface area contributed by atoms with Gasteiger partial charge >= 0.3 is 0 Å². The maximum Gasteiger partial charge on any atom is 0.0438 e. The van der Waals surface area contributed by atoms with Crippen LogP contribution in [-0.4, -0.2) is 12.1 Å². The normalized spacial score (nSPS) is 9.88. The zero-order chi connectivity index (χ0) is 6.57. The molecule has 0 aromatic rings. The van der Waals surface area contributed by atoms with E-state index in [1.165, 1.54) is 5.01 Å². The Labute approximate surface area is 50.3 Å². The third-order valence-electron chi connectivity index (χ3n) is 0.812. The first-order valence-corrected chi connectivity index (χ1v) is 2.48. The van der Waals surface area contributed by atoms with Crippen LogP contribution < -0.4 is 5.84 Å². The van der Waals surface area contributed by atoms with E-state index in [1.54, 1.807) is 7.05 Å². The minimum absolute atomic E-state index is 0.813. The average molecular weight is 112 g/mol. The molecule has 0 aliphatic carbocycles. The fourth-order valence-electron chi connectivity index (χ4n) is 0.310. The van der Waals surface area contributed by atoms with Gasteiger partial charge in [-0.15, -0.1) is 0 Å². The predicted molar refractivity (Wildman–Crippen MR) is 35.9 cm³/mol. The van der Waals surface area contributed by atoms with Gasteiger partial charge in [-0.1, -0.05) is 12.7 Å². The number of hydrogen-bond donors (Lipinski definition) is 1. The topological polar surface area (TPSA) is 29.3 Å². The highest BCUT2D eigenvalue weighted by molar-refractivity contribution is 5.10. The van der Waals surface area contributed by atoms with Crippen LogP contribution in [0.5, 0.6) is 0 Å². The summed E-state index contributed by atoms with van der Waals surface area (Å²) in [6, 6.07) is 0.